The van der Waals surface area contributed by atoms with E-state index in [1.807, 2.05) is 40.0 Å². The highest BCUT2D eigenvalue weighted by molar-refractivity contribution is 9.10. The third-order valence-corrected chi connectivity index (χ3v) is 4.29. The lowest BCUT2D eigenvalue weighted by Crippen LogP contribution is -2.35. The lowest BCUT2D eigenvalue weighted by molar-refractivity contribution is -0.142. The van der Waals surface area contributed by atoms with E-state index in [1.54, 1.807) is 6.20 Å². The Kier molecular flexibility index (Phi) is 4.07. The van der Waals surface area contributed by atoms with Crippen LogP contribution in [0.2, 0.25) is 0 Å². The molecule has 1 aliphatic heterocycles. The van der Waals surface area contributed by atoms with E-state index in [9.17, 15) is 9.90 Å². The van der Waals surface area contributed by atoms with Gasteiger partial charge in [0.2, 0.25) is 0 Å². The van der Waals surface area contributed by atoms with Crippen LogP contribution in [0.15, 0.2) is 41.1 Å². The lowest BCUT2D eigenvalue weighted by Gasteiger charge is -2.19. The molecule has 0 amide bonds. The number of hydrogen-bond acceptors (Lipinski definition) is 3. The maximum atomic E-state index is 11.2. The summed E-state index contributed by atoms with van der Waals surface area (Å²) in [5, 5.41) is 13.6. The van der Waals surface area contributed by atoms with E-state index in [1.165, 1.54) is 0 Å². The zero-order valence-corrected chi connectivity index (χ0v) is 13.0. The first-order valence-corrected chi connectivity index (χ1v) is 7.69. The van der Waals surface area contributed by atoms with Crippen LogP contribution in [0.25, 0.3) is 5.69 Å². The quantitative estimate of drug-likeness (QED) is 0.921. The van der Waals surface area contributed by atoms with Crippen LogP contribution in [0, 0.1) is 0 Å². The Bertz CT molecular complexity index is 639. The molecule has 0 aliphatic carbocycles. The molecule has 1 fully saturated rings. The number of aromatic nitrogens is 2. The molecule has 0 unspecified atom stereocenters. The van der Waals surface area contributed by atoms with E-state index in [2.05, 4.69) is 21.0 Å². The van der Waals surface area contributed by atoms with Gasteiger partial charge in [0.1, 0.15) is 6.04 Å². The fraction of sp³-hybridized carbons (Fsp3) is 0.333. The molecule has 1 aliphatic rings. The van der Waals surface area contributed by atoms with Crippen molar-refractivity contribution in [3.8, 4) is 5.69 Å². The zero-order valence-electron chi connectivity index (χ0n) is 11.4. The molecule has 0 bridgehead atoms. The van der Waals surface area contributed by atoms with Crippen LogP contribution in [-0.4, -0.2) is 38.3 Å². The van der Waals surface area contributed by atoms with Gasteiger partial charge in [-0.15, -0.1) is 0 Å². The Morgan fingerprint density at radius 1 is 1.38 bits per heavy atom. The molecule has 3 rings (SSSR count). The van der Waals surface area contributed by atoms with Crippen molar-refractivity contribution in [2.75, 3.05) is 6.54 Å². The standard InChI is InChI=1S/C15H16BrN3O2/c16-12-3-5-13(6-4-12)19-10-11(8-17-19)9-18-7-1-2-14(18)15(20)21/h3-6,8,10,14H,1-2,7,9H2,(H,20,21)/t14-/m1/s1. The average molecular weight is 350 g/mol. The predicted octanol–water partition coefficient (Wildman–Crippen LogP) is 2.68. The van der Waals surface area contributed by atoms with Crippen molar-refractivity contribution in [3.05, 3.63) is 46.7 Å². The van der Waals surface area contributed by atoms with Crippen molar-refractivity contribution in [1.29, 1.82) is 0 Å². The number of hydrogen-bond donors (Lipinski definition) is 1. The van der Waals surface area contributed by atoms with Crippen LogP contribution in [0.5, 0.6) is 0 Å². The van der Waals surface area contributed by atoms with Crippen molar-refractivity contribution in [1.82, 2.24) is 14.7 Å². The maximum Gasteiger partial charge on any atom is 0.320 e. The molecule has 1 aromatic heterocycles. The molecule has 2 heterocycles. The molecule has 1 saturated heterocycles. The molecule has 110 valence electrons. The number of benzene rings is 1. The first kappa shape index (κ1) is 14.3. The van der Waals surface area contributed by atoms with Gasteiger partial charge in [0.15, 0.2) is 0 Å². The lowest BCUT2D eigenvalue weighted by atomic mass is 10.2. The highest BCUT2D eigenvalue weighted by Gasteiger charge is 2.30. The van der Waals surface area contributed by atoms with E-state index < -0.39 is 5.97 Å². The van der Waals surface area contributed by atoms with Gasteiger partial charge in [0.25, 0.3) is 0 Å². The van der Waals surface area contributed by atoms with Crippen molar-refractivity contribution in [3.63, 3.8) is 0 Å². The molecule has 21 heavy (non-hydrogen) atoms. The Hall–Kier alpha value is -1.66. The van der Waals surface area contributed by atoms with Gasteiger partial charge >= 0.3 is 5.97 Å². The number of halogens is 1. The smallest absolute Gasteiger partial charge is 0.320 e. The second-order valence-corrected chi connectivity index (χ2v) is 6.15. The topological polar surface area (TPSA) is 58.4 Å². The van der Waals surface area contributed by atoms with Gasteiger partial charge in [0, 0.05) is 22.8 Å². The highest BCUT2D eigenvalue weighted by Crippen LogP contribution is 2.21. The number of likely N-dealkylation sites (tertiary alicyclic amines) is 1. The van der Waals surface area contributed by atoms with Crippen LogP contribution < -0.4 is 0 Å². The molecule has 0 spiro atoms. The largest absolute Gasteiger partial charge is 0.480 e. The summed E-state index contributed by atoms with van der Waals surface area (Å²) in [5.41, 5.74) is 2.02. The SMILES string of the molecule is O=C(O)[C@H]1CCCN1Cc1cnn(-c2ccc(Br)cc2)c1. The Balaban J connectivity index is 1.73. The first-order chi connectivity index (χ1) is 10.1. The minimum atomic E-state index is -0.729. The number of aliphatic carboxylic acids is 1. The Morgan fingerprint density at radius 3 is 2.86 bits per heavy atom. The van der Waals surface area contributed by atoms with Crippen LogP contribution in [0.3, 0.4) is 0 Å². The molecule has 0 radical (unpaired) electrons. The highest BCUT2D eigenvalue weighted by atomic mass is 79.9. The van der Waals surface area contributed by atoms with Gasteiger partial charge in [-0.25, -0.2) is 4.68 Å². The number of rotatable bonds is 4. The van der Waals surface area contributed by atoms with Gasteiger partial charge in [-0.2, -0.15) is 5.10 Å². The summed E-state index contributed by atoms with van der Waals surface area (Å²) in [6.45, 7) is 1.47. The third-order valence-electron chi connectivity index (χ3n) is 3.76. The summed E-state index contributed by atoms with van der Waals surface area (Å²) in [7, 11) is 0. The van der Waals surface area contributed by atoms with Crippen LogP contribution in [0.1, 0.15) is 18.4 Å². The third kappa shape index (κ3) is 3.16. The van der Waals surface area contributed by atoms with Crippen LogP contribution in [0.4, 0.5) is 0 Å². The summed E-state index contributed by atoms with van der Waals surface area (Å²) >= 11 is 3.41. The normalized spacial score (nSPS) is 19.0. The fourth-order valence-electron chi connectivity index (χ4n) is 2.71. The van der Waals surface area contributed by atoms with E-state index in [-0.39, 0.29) is 6.04 Å². The molecule has 5 nitrogen and oxygen atoms in total. The van der Waals surface area contributed by atoms with Crippen LogP contribution >= 0.6 is 15.9 Å². The van der Waals surface area contributed by atoms with E-state index in [0.29, 0.717) is 6.54 Å². The van der Waals surface area contributed by atoms with Gasteiger partial charge in [-0.05, 0) is 43.7 Å². The maximum absolute atomic E-state index is 11.2. The predicted molar refractivity (Wildman–Crippen MR) is 82.3 cm³/mol. The molecule has 6 heteroatoms. The molecule has 0 saturated carbocycles. The fourth-order valence-corrected chi connectivity index (χ4v) is 2.97. The van der Waals surface area contributed by atoms with E-state index in [0.717, 1.165) is 35.1 Å². The van der Waals surface area contributed by atoms with E-state index >= 15 is 0 Å². The summed E-state index contributed by atoms with van der Waals surface area (Å²) in [5.74, 6) is -0.729. The van der Waals surface area contributed by atoms with Crippen molar-refractivity contribution >= 4 is 21.9 Å². The second kappa shape index (κ2) is 5.99. The average Bonchev–Trinajstić information content (AvgIpc) is 3.09. The minimum absolute atomic E-state index is 0.360. The summed E-state index contributed by atoms with van der Waals surface area (Å²) in [4.78, 5) is 13.2. The summed E-state index contributed by atoms with van der Waals surface area (Å²) in [6, 6.07) is 7.55. The number of carboxylic acid groups (broad SMARTS) is 1. The van der Waals surface area contributed by atoms with Crippen molar-refractivity contribution in [2.24, 2.45) is 0 Å². The molecular weight excluding hydrogens is 334 g/mol. The minimum Gasteiger partial charge on any atom is -0.480 e. The number of carboxylic acids is 1. The Labute approximate surface area is 131 Å². The van der Waals surface area contributed by atoms with Crippen molar-refractivity contribution in [2.45, 2.75) is 25.4 Å². The Morgan fingerprint density at radius 2 is 2.14 bits per heavy atom. The van der Waals surface area contributed by atoms with Crippen molar-refractivity contribution < 1.29 is 9.90 Å². The molecule has 1 N–H and O–H groups in total. The van der Waals surface area contributed by atoms with Gasteiger partial charge < -0.3 is 5.11 Å². The first-order valence-electron chi connectivity index (χ1n) is 6.90. The monoisotopic (exact) mass is 349 g/mol. The molecule has 1 atom stereocenters. The number of nitrogens with zero attached hydrogens (tertiary/aromatic N) is 3. The second-order valence-electron chi connectivity index (χ2n) is 5.24. The summed E-state index contributed by atoms with van der Waals surface area (Å²) < 4.78 is 2.84. The van der Waals surface area contributed by atoms with Gasteiger partial charge in [-0.1, -0.05) is 15.9 Å². The summed E-state index contributed by atoms with van der Waals surface area (Å²) in [6.07, 6.45) is 5.44. The molecular formula is C15H16BrN3O2. The number of carbonyl (C=O) groups is 1. The molecule has 1 aromatic carbocycles. The molecule has 2 aromatic rings. The van der Waals surface area contributed by atoms with Gasteiger partial charge in [0.05, 0.1) is 11.9 Å². The van der Waals surface area contributed by atoms with Crippen LogP contribution in [-0.2, 0) is 11.3 Å². The van der Waals surface area contributed by atoms with E-state index in [4.69, 9.17) is 0 Å². The van der Waals surface area contributed by atoms with Gasteiger partial charge in [-0.3, -0.25) is 9.69 Å². The zero-order chi connectivity index (χ0) is 14.8.